The zero-order valence-electron chi connectivity index (χ0n) is 20.0. The van der Waals surface area contributed by atoms with Crippen molar-refractivity contribution in [3.05, 3.63) is 76.6 Å². The van der Waals surface area contributed by atoms with Crippen LogP contribution in [-0.2, 0) is 14.3 Å². The number of aromatic nitrogens is 1. The van der Waals surface area contributed by atoms with Gasteiger partial charge in [-0.2, -0.15) is 0 Å². The molecule has 0 spiro atoms. The predicted molar refractivity (Wildman–Crippen MR) is 127 cm³/mol. The van der Waals surface area contributed by atoms with Gasteiger partial charge in [0.25, 0.3) is 5.91 Å². The molecule has 10 nitrogen and oxygen atoms in total. The molecule has 0 radical (unpaired) electrons. The molecule has 186 valence electrons. The van der Waals surface area contributed by atoms with Crippen molar-refractivity contribution in [1.29, 1.82) is 0 Å². The molecule has 0 saturated heterocycles. The minimum Gasteiger partial charge on any atom is -0.465 e. The molecule has 1 amide bonds. The Labute approximate surface area is 206 Å². The molecule has 0 unspecified atom stereocenters. The number of benzene rings is 2. The van der Waals surface area contributed by atoms with Gasteiger partial charge in [0, 0.05) is 28.2 Å². The lowest BCUT2D eigenvalue weighted by Crippen LogP contribution is -2.31. The molecule has 2 aromatic carbocycles. The van der Waals surface area contributed by atoms with Crippen molar-refractivity contribution in [2.24, 2.45) is 0 Å². The van der Waals surface area contributed by atoms with Crippen molar-refractivity contribution in [1.82, 2.24) is 9.88 Å². The number of rotatable bonds is 8. The fourth-order valence-corrected chi connectivity index (χ4v) is 3.87. The van der Waals surface area contributed by atoms with Gasteiger partial charge in [-0.3, -0.25) is 14.4 Å². The molecule has 0 atom stereocenters. The van der Waals surface area contributed by atoms with Gasteiger partial charge in [-0.15, -0.1) is 0 Å². The molecular weight excluding hydrogens is 468 g/mol. The molecule has 1 aliphatic heterocycles. The number of methoxy groups -OCH3 is 1. The largest absolute Gasteiger partial charge is 0.465 e. The van der Waals surface area contributed by atoms with E-state index < -0.39 is 31.0 Å². The van der Waals surface area contributed by atoms with Crippen LogP contribution >= 0.6 is 0 Å². The maximum atomic E-state index is 12.8. The molecule has 1 N–H and O–H groups in total. The first-order chi connectivity index (χ1) is 17.3. The van der Waals surface area contributed by atoms with E-state index in [-0.39, 0.29) is 12.6 Å². The Kier molecular flexibility index (Phi) is 7.05. The zero-order valence-corrected chi connectivity index (χ0v) is 20.0. The highest BCUT2D eigenvalue weighted by Gasteiger charge is 2.20. The molecule has 0 fully saturated rings. The second-order valence-corrected chi connectivity index (χ2v) is 7.99. The van der Waals surface area contributed by atoms with Gasteiger partial charge in [-0.1, -0.05) is 0 Å². The van der Waals surface area contributed by atoms with E-state index in [2.05, 4.69) is 5.32 Å². The fourth-order valence-electron chi connectivity index (χ4n) is 3.87. The van der Waals surface area contributed by atoms with E-state index in [9.17, 15) is 19.2 Å². The maximum Gasteiger partial charge on any atom is 0.337 e. The number of nitrogens with zero attached hydrogens (tertiary/aromatic N) is 1. The molecule has 1 aliphatic rings. The van der Waals surface area contributed by atoms with E-state index in [1.54, 1.807) is 49.4 Å². The van der Waals surface area contributed by atoms with Crippen LogP contribution in [0.2, 0.25) is 0 Å². The molecule has 0 bridgehead atoms. The summed E-state index contributed by atoms with van der Waals surface area (Å²) >= 11 is 0. The first-order valence-corrected chi connectivity index (χ1v) is 11.0. The number of carbonyl (C=O) groups is 4. The topological polar surface area (TPSA) is 122 Å². The Hall–Kier alpha value is -4.60. The van der Waals surface area contributed by atoms with Crippen molar-refractivity contribution in [2.45, 2.75) is 13.8 Å². The highest BCUT2D eigenvalue weighted by Crippen LogP contribution is 2.32. The molecule has 3 aromatic rings. The molecular formula is C26H24N2O8. The van der Waals surface area contributed by atoms with Gasteiger partial charge in [0.15, 0.2) is 18.1 Å². The van der Waals surface area contributed by atoms with Crippen molar-refractivity contribution in [2.75, 3.05) is 27.1 Å². The van der Waals surface area contributed by atoms with Gasteiger partial charge in [0.2, 0.25) is 12.6 Å². The first-order valence-electron chi connectivity index (χ1n) is 11.0. The summed E-state index contributed by atoms with van der Waals surface area (Å²) in [5.41, 5.74) is 3.34. The van der Waals surface area contributed by atoms with Crippen LogP contribution in [0.3, 0.4) is 0 Å². The number of hydrogen-bond donors (Lipinski definition) is 1. The van der Waals surface area contributed by atoms with Crippen LogP contribution < -0.4 is 14.8 Å². The third-order valence-electron chi connectivity index (χ3n) is 5.67. The van der Waals surface area contributed by atoms with Gasteiger partial charge < -0.3 is 28.8 Å². The molecule has 1 aromatic heterocycles. The number of aryl methyl sites for hydroxylation is 1. The fraction of sp³-hybridized carbons (Fsp3) is 0.231. The summed E-state index contributed by atoms with van der Waals surface area (Å²) in [6, 6.07) is 13.2. The highest BCUT2D eigenvalue weighted by atomic mass is 16.7. The number of nitrogens with one attached hydrogen (secondary N) is 1. The summed E-state index contributed by atoms with van der Waals surface area (Å²) in [7, 11) is 1.31. The number of ether oxygens (including phenoxy) is 4. The Bertz CT molecular complexity index is 1340. The number of ketones is 1. The van der Waals surface area contributed by atoms with Gasteiger partial charge in [-0.25, -0.2) is 4.79 Å². The van der Waals surface area contributed by atoms with Gasteiger partial charge in [0.05, 0.1) is 12.7 Å². The van der Waals surface area contributed by atoms with Crippen molar-refractivity contribution in [3.8, 4) is 17.2 Å². The molecule has 2 heterocycles. The SMILES string of the molecule is COC(=O)c1ccc(-n2c(C)cc(C(=O)COC(=O)CNC(=O)c3ccc4c(c3)OCO4)c2C)cc1. The lowest BCUT2D eigenvalue weighted by Gasteiger charge is -2.11. The molecule has 0 saturated carbocycles. The van der Waals surface area contributed by atoms with E-state index >= 15 is 0 Å². The van der Waals surface area contributed by atoms with Crippen LogP contribution in [0, 0.1) is 13.8 Å². The number of fused-ring (bicyclic) bond motifs is 1. The summed E-state index contributed by atoms with van der Waals surface area (Å²) in [5, 5.41) is 2.46. The molecule has 10 heteroatoms. The molecule has 4 rings (SSSR count). The van der Waals surface area contributed by atoms with Crippen LogP contribution in [0.4, 0.5) is 0 Å². The van der Waals surface area contributed by atoms with E-state index in [1.807, 2.05) is 11.5 Å². The lowest BCUT2D eigenvalue weighted by molar-refractivity contribution is -0.141. The van der Waals surface area contributed by atoms with E-state index in [0.29, 0.717) is 33.9 Å². The van der Waals surface area contributed by atoms with E-state index in [1.165, 1.54) is 13.2 Å². The third kappa shape index (κ3) is 5.07. The third-order valence-corrected chi connectivity index (χ3v) is 5.67. The predicted octanol–water partition coefficient (Wildman–Crippen LogP) is 2.77. The van der Waals surface area contributed by atoms with Gasteiger partial charge >= 0.3 is 11.9 Å². The van der Waals surface area contributed by atoms with E-state index in [0.717, 1.165) is 11.4 Å². The minimum atomic E-state index is -0.746. The Balaban J connectivity index is 1.33. The number of Topliss-reactive ketones (excluding diaryl/α,β-unsaturated/α-hetero) is 1. The van der Waals surface area contributed by atoms with Gasteiger partial charge in [0.1, 0.15) is 6.54 Å². The summed E-state index contributed by atoms with van der Waals surface area (Å²) in [6.45, 7) is 2.85. The highest BCUT2D eigenvalue weighted by molar-refractivity contribution is 6.00. The normalized spacial score (nSPS) is 11.6. The summed E-state index contributed by atoms with van der Waals surface area (Å²) < 4.78 is 22.1. The second kappa shape index (κ2) is 10.3. The number of hydrogen-bond acceptors (Lipinski definition) is 8. The smallest absolute Gasteiger partial charge is 0.337 e. The Morgan fingerprint density at radius 2 is 1.64 bits per heavy atom. The zero-order chi connectivity index (χ0) is 25.8. The number of esters is 2. The summed E-state index contributed by atoms with van der Waals surface area (Å²) in [4.78, 5) is 48.8. The van der Waals surface area contributed by atoms with Crippen molar-refractivity contribution in [3.63, 3.8) is 0 Å². The number of amides is 1. The van der Waals surface area contributed by atoms with Crippen molar-refractivity contribution >= 4 is 23.6 Å². The van der Waals surface area contributed by atoms with E-state index in [4.69, 9.17) is 18.9 Å². The molecule has 36 heavy (non-hydrogen) atoms. The second-order valence-electron chi connectivity index (χ2n) is 7.99. The quantitative estimate of drug-likeness (QED) is 0.376. The molecule has 0 aliphatic carbocycles. The monoisotopic (exact) mass is 492 g/mol. The van der Waals surface area contributed by atoms with Crippen LogP contribution in [0.5, 0.6) is 11.5 Å². The average Bonchev–Trinajstić information content (AvgIpc) is 3.48. The maximum absolute atomic E-state index is 12.8. The van der Waals surface area contributed by atoms with Crippen LogP contribution in [0.25, 0.3) is 5.69 Å². The Morgan fingerprint density at radius 1 is 0.944 bits per heavy atom. The summed E-state index contributed by atoms with van der Waals surface area (Å²) in [6.07, 6.45) is 0. The summed E-state index contributed by atoms with van der Waals surface area (Å²) in [5.74, 6) is -1.05. The van der Waals surface area contributed by atoms with Gasteiger partial charge in [-0.05, 0) is 62.4 Å². The van der Waals surface area contributed by atoms with Crippen molar-refractivity contribution < 1.29 is 38.1 Å². The standard InChI is InChI=1S/C26H24N2O8/c1-15-10-20(16(2)28(15)19-7-4-17(5-8-19)26(32)33-3)21(29)13-34-24(30)12-27-25(31)18-6-9-22-23(11-18)36-14-35-22/h4-11H,12-14H2,1-3H3,(H,27,31). The Morgan fingerprint density at radius 3 is 2.36 bits per heavy atom. The number of carbonyl (C=O) groups excluding carboxylic acids is 4. The van der Waals surface area contributed by atoms with Crippen LogP contribution in [0.1, 0.15) is 42.5 Å². The van der Waals surface area contributed by atoms with Crippen LogP contribution in [-0.4, -0.2) is 55.3 Å². The lowest BCUT2D eigenvalue weighted by atomic mass is 10.1. The minimum absolute atomic E-state index is 0.0881. The average molecular weight is 492 g/mol. The van der Waals surface area contributed by atoms with Crippen LogP contribution in [0.15, 0.2) is 48.5 Å². The first kappa shape index (κ1) is 24.5.